The lowest BCUT2D eigenvalue weighted by Crippen LogP contribution is -2.07. The van der Waals surface area contributed by atoms with Crippen molar-refractivity contribution in [1.82, 2.24) is 0 Å². The lowest BCUT2D eigenvalue weighted by molar-refractivity contribution is 0.0684. The van der Waals surface area contributed by atoms with Gasteiger partial charge in [0.25, 0.3) is 0 Å². The van der Waals surface area contributed by atoms with Crippen molar-refractivity contribution in [2.45, 2.75) is 16.2 Å². The van der Waals surface area contributed by atoms with Crippen LogP contribution in [0.4, 0.5) is 0 Å². The molecule has 0 bridgehead atoms. The summed E-state index contributed by atoms with van der Waals surface area (Å²) >= 11 is 1.38. The van der Waals surface area contributed by atoms with Gasteiger partial charge in [-0.05, 0) is 41.8 Å². The molecule has 2 aromatic rings. The van der Waals surface area contributed by atoms with Gasteiger partial charge in [-0.25, -0.2) is 9.59 Å². The van der Waals surface area contributed by atoms with Gasteiger partial charge in [0.2, 0.25) is 0 Å². The summed E-state index contributed by atoms with van der Waals surface area (Å²) in [5.74, 6) is -1.90. The molecule has 2 aromatic carbocycles. The average molecular weight is 286 g/mol. The number of rotatable bonds is 2. The van der Waals surface area contributed by atoms with E-state index in [-0.39, 0.29) is 5.56 Å². The Morgan fingerprint density at radius 2 is 1.80 bits per heavy atom. The van der Waals surface area contributed by atoms with Crippen molar-refractivity contribution in [3.05, 3.63) is 58.7 Å². The van der Waals surface area contributed by atoms with Crippen LogP contribution < -0.4 is 0 Å². The van der Waals surface area contributed by atoms with Gasteiger partial charge < -0.3 is 10.2 Å². The van der Waals surface area contributed by atoms with E-state index >= 15 is 0 Å². The molecule has 0 aliphatic carbocycles. The number of aromatic carboxylic acids is 2. The van der Waals surface area contributed by atoms with Crippen LogP contribution in [0, 0.1) is 0 Å². The van der Waals surface area contributed by atoms with Gasteiger partial charge in [0.15, 0.2) is 0 Å². The van der Waals surface area contributed by atoms with E-state index in [2.05, 4.69) is 0 Å². The summed E-state index contributed by atoms with van der Waals surface area (Å²) in [4.78, 5) is 23.9. The zero-order chi connectivity index (χ0) is 14.3. The first-order valence-electron chi connectivity index (χ1n) is 5.95. The Balaban J connectivity index is 2.08. The number of hydrogen-bond acceptors (Lipinski definition) is 3. The highest BCUT2D eigenvalue weighted by atomic mass is 32.2. The Kier molecular flexibility index (Phi) is 2.99. The number of carbonyl (C=O) groups is 2. The molecule has 100 valence electrons. The van der Waals surface area contributed by atoms with Gasteiger partial charge in [0, 0.05) is 9.79 Å². The molecule has 5 heteroatoms. The fourth-order valence-corrected chi connectivity index (χ4v) is 3.43. The lowest BCUT2D eigenvalue weighted by Gasteiger charge is -2.20. The van der Waals surface area contributed by atoms with Crippen LogP contribution in [0.1, 0.15) is 31.8 Å². The Labute approximate surface area is 119 Å². The second kappa shape index (κ2) is 4.68. The quantitative estimate of drug-likeness (QED) is 0.757. The minimum absolute atomic E-state index is 0.252. The van der Waals surface area contributed by atoms with Crippen molar-refractivity contribution >= 4 is 23.7 Å². The molecule has 0 unspecified atom stereocenters. The number of carboxylic acids is 2. The molecular formula is C15H10O4S. The standard InChI is InChI=1S/C15H10O4S/c16-14(17)9-4-5-12-10(7-9)6-8-2-1-3-11(15(18)19)13(8)20-12/h1-5,7H,6H2,(H,16,17)(H,18,19). The molecule has 0 saturated carbocycles. The SMILES string of the molecule is O=C(O)c1ccc2c(c1)Cc1cccc(C(=O)O)c1S2. The molecule has 1 aliphatic heterocycles. The van der Waals surface area contributed by atoms with Gasteiger partial charge in [0.05, 0.1) is 11.1 Å². The van der Waals surface area contributed by atoms with Crippen LogP contribution in [0.3, 0.4) is 0 Å². The van der Waals surface area contributed by atoms with Crippen molar-refractivity contribution in [1.29, 1.82) is 0 Å². The highest BCUT2D eigenvalue weighted by molar-refractivity contribution is 7.99. The van der Waals surface area contributed by atoms with Crippen LogP contribution in [0.5, 0.6) is 0 Å². The molecule has 3 rings (SSSR count). The third kappa shape index (κ3) is 2.06. The molecule has 0 aromatic heterocycles. The summed E-state index contributed by atoms with van der Waals surface area (Å²) in [5.41, 5.74) is 2.39. The lowest BCUT2D eigenvalue weighted by atomic mass is 10.00. The van der Waals surface area contributed by atoms with Crippen LogP contribution in [0.2, 0.25) is 0 Å². The highest BCUT2D eigenvalue weighted by Gasteiger charge is 2.22. The first kappa shape index (κ1) is 12.7. The summed E-state index contributed by atoms with van der Waals surface area (Å²) < 4.78 is 0. The van der Waals surface area contributed by atoms with E-state index in [1.807, 2.05) is 6.07 Å². The normalized spacial score (nSPS) is 12.4. The van der Waals surface area contributed by atoms with E-state index in [0.29, 0.717) is 12.0 Å². The summed E-state index contributed by atoms with van der Waals surface area (Å²) in [6, 6.07) is 10.1. The van der Waals surface area contributed by atoms with Gasteiger partial charge in [0.1, 0.15) is 0 Å². The molecule has 0 radical (unpaired) electrons. The summed E-state index contributed by atoms with van der Waals surface area (Å²) in [7, 11) is 0. The first-order valence-corrected chi connectivity index (χ1v) is 6.77. The second-order valence-electron chi connectivity index (χ2n) is 4.51. The number of fused-ring (bicyclic) bond motifs is 2. The van der Waals surface area contributed by atoms with Gasteiger partial charge in [-0.1, -0.05) is 23.9 Å². The third-order valence-electron chi connectivity index (χ3n) is 3.23. The number of hydrogen-bond donors (Lipinski definition) is 2. The van der Waals surface area contributed by atoms with Crippen LogP contribution in [-0.2, 0) is 6.42 Å². The molecule has 1 heterocycles. The Bertz CT molecular complexity index is 737. The van der Waals surface area contributed by atoms with E-state index in [0.717, 1.165) is 20.9 Å². The molecular weight excluding hydrogens is 276 g/mol. The van der Waals surface area contributed by atoms with E-state index in [1.54, 1.807) is 30.3 Å². The second-order valence-corrected chi connectivity index (χ2v) is 5.56. The Hall–Kier alpha value is -2.27. The van der Waals surface area contributed by atoms with Crippen LogP contribution in [-0.4, -0.2) is 22.2 Å². The van der Waals surface area contributed by atoms with Gasteiger partial charge >= 0.3 is 11.9 Å². The third-order valence-corrected chi connectivity index (χ3v) is 4.53. The molecule has 1 aliphatic rings. The average Bonchev–Trinajstić information content (AvgIpc) is 2.43. The minimum Gasteiger partial charge on any atom is -0.478 e. The zero-order valence-electron chi connectivity index (χ0n) is 10.3. The fraction of sp³-hybridized carbons (Fsp3) is 0.0667. The van der Waals surface area contributed by atoms with Crippen molar-refractivity contribution in [3.63, 3.8) is 0 Å². The molecule has 0 atom stereocenters. The van der Waals surface area contributed by atoms with Crippen LogP contribution in [0.25, 0.3) is 0 Å². The maximum absolute atomic E-state index is 11.2. The maximum Gasteiger partial charge on any atom is 0.336 e. The van der Waals surface area contributed by atoms with Gasteiger partial charge in [-0.3, -0.25) is 0 Å². The summed E-state index contributed by atoms with van der Waals surface area (Å²) in [5, 5.41) is 18.2. The molecule has 20 heavy (non-hydrogen) atoms. The van der Waals surface area contributed by atoms with E-state index in [9.17, 15) is 14.7 Å². The molecule has 0 fully saturated rings. The predicted octanol–water partition coefficient (Wildman–Crippen LogP) is 3.14. The minimum atomic E-state index is -0.956. The van der Waals surface area contributed by atoms with Crippen molar-refractivity contribution in [3.8, 4) is 0 Å². The summed E-state index contributed by atoms with van der Waals surface area (Å²) in [6.45, 7) is 0. The molecule has 0 amide bonds. The molecule has 2 N–H and O–H groups in total. The summed E-state index contributed by atoms with van der Waals surface area (Å²) in [6.07, 6.45) is 0.555. The number of benzene rings is 2. The topological polar surface area (TPSA) is 74.6 Å². The van der Waals surface area contributed by atoms with Gasteiger partial charge in [-0.2, -0.15) is 0 Å². The predicted molar refractivity (Wildman–Crippen MR) is 73.7 cm³/mol. The maximum atomic E-state index is 11.2. The first-order chi connectivity index (χ1) is 9.56. The Morgan fingerprint density at radius 1 is 1.00 bits per heavy atom. The van der Waals surface area contributed by atoms with Crippen LogP contribution >= 0.6 is 11.8 Å². The monoisotopic (exact) mass is 286 g/mol. The van der Waals surface area contributed by atoms with E-state index in [4.69, 9.17) is 5.11 Å². The van der Waals surface area contributed by atoms with Crippen LogP contribution in [0.15, 0.2) is 46.2 Å². The van der Waals surface area contributed by atoms with E-state index in [1.165, 1.54) is 11.8 Å². The largest absolute Gasteiger partial charge is 0.478 e. The zero-order valence-corrected chi connectivity index (χ0v) is 11.1. The van der Waals surface area contributed by atoms with Gasteiger partial charge in [-0.15, -0.1) is 0 Å². The highest BCUT2D eigenvalue weighted by Crippen LogP contribution is 2.41. The smallest absolute Gasteiger partial charge is 0.336 e. The van der Waals surface area contributed by atoms with Crippen molar-refractivity contribution in [2.24, 2.45) is 0 Å². The van der Waals surface area contributed by atoms with Crippen molar-refractivity contribution in [2.75, 3.05) is 0 Å². The number of carboxylic acid groups (broad SMARTS) is 2. The van der Waals surface area contributed by atoms with E-state index < -0.39 is 11.9 Å². The Morgan fingerprint density at radius 3 is 2.50 bits per heavy atom. The molecule has 0 spiro atoms. The molecule has 0 saturated heterocycles. The van der Waals surface area contributed by atoms with Crippen molar-refractivity contribution < 1.29 is 19.8 Å². The molecule has 4 nitrogen and oxygen atoms in total. The fourth-order valence-electron chi connectivity index (χ4n) is 2.28.